The van der Waals surface area contributed by atoms with Crippen LogP contribution in [-0.2, 0) is 0 Å². The van der Waals surface area contributed by atoms with Crippen molar-refractivity contribution in [3.8, 4) is 6.07 Å². The van der Waals surface area contributed by atoms with E-state index in [0.29, 0.717) is 17.5 Å². The lowest BCUT2D eigenvalue weighted by molar-refractivity contribution is 0.677. The highest BCUT2D eigenvalue weighted by molar-refractivity contribution is 6.29. The molecular weight excluding hydrogens is 224 g/mol. The highest BCUT2D eigenvalue weighted by Gasteiger charge is 2.11. The quantitative estimate of drug-likeness (QED) is 0.756. The van der Waals surface area contributed by atoms with Gasteiger partial charge in [0.25, 0.3) is 0 Å². The van der Waals surface area contributed by atoms with E-state index in [2.05, 4.69) is 16.0 Å². The Hall–Kier alpha value is -1.34. The Kier molecular flexibility index (Phi) is 4.51. The molecule has 1 heterocycles. The second-order valence-corrected chi connectivity index (χ2v) is 4.05. The summed E-state index contributed by atoms with van der Waals surface area (Å²) >= 11 is 5.88. The zero-order valence-corrected chi connectivity index (χ0v) is 10.5. The van der Waals surface area contributed by atoms with Crippen molar-refractivity contribution in [1.82, 2.24) is 9.97 Å². The normalized spacial score (nSPS) is 11.9. The fourth-order valence-electron chi connectivity index (χ4n) is 1.43. The summed E-state index contributed by atoms with van der Waals surface area (Å²) in [7, 11) is 0. The van der Waals surface area contributed by atoms with Crippen molar-refractivity contribution >= 4 is 17.4 Å². The molecule has 0 aliphatic rings. The number of hydrogen-bond donors (Lipinski definition) is 0. The molecule has 86 valence electrons. The molecule has 1 aromatic rings. The number of anilines is 1. The molecule has 1 unspecified atom stereocenters. The van der Waals surface area contributed by atoms with E-state index in [0.717, 1.165) is 12.4 Å². The van der Waals surface area contributed by atoms with Crippen molar-refractivity contribution in [2.45, 2.75) is 20.8 Å². The molecule has 0 N–H and O–H groups in total. The average molecular weight is 239 g/mol. The number of hydrogen-bond acceptors (Lipinski definition) is 4. The zero-order valence-electron chi connectivity index (χ0n) is 9.74. The van der Waals surface area contributed by atoms with Crippen molar-refractivity contribution in [3.63, 3.8) is 0 Å². The van der Waals surface area contributed by atoms with E-state index >= 15 is 0 Å². The van der Waals surface area contributed by atoms with Crippen molar-refractivity contribution < 1.29 is 0 Å². The Balaban J connectivity index is 2.91. The lowest BCUT2D eigenvalue weighted by Gasteiger charge is -2.23. The molecule has 0 aliphatic heterocycles. The van der Waals surface area contributed by atoms with Gasteiger partial charge in [-0.1, -0.05) is 11.6 Å². The summed E-state index contributed by atoms with van der Waals surface area (Å²) in [5.41, 5.74) is 0. The van der Waals surface area contributed by atoms with E-state index < -0.39 is 0 Å². The molecule has 1 atom stereocenters. The highest BCUT2D eigenvalue weighted by atomic mass is 35.5. The number of rotatable bonds is 4. The Morgan fingerprint density at radius 3 is 2.75 bits per heavy atom. The smallest absolute Gasteiger partial charge is 0.134 e. The molecule has 0 aliphatic carbocycles. The third-order valence-corrected chi connectivity index (χ3v) is 2.41. The van der Waals surface area contributed by atoms with Crippen LogP contribution in [0, 0.1) is 24.2 Å². The summed E-state index contributed by atoms with van der Waals surface area (Å²) in [5.74, 6) is 1.39. The van der Waals surface area contributed by atoms with Crippen molar-refractivity contribution in [1.29, 1.82) is 5.26 Å². The van der Waals surface area contributed by atoms with Gasteiger partial charge in [-0.25, -0.2) is 9.97 Å². The first-order chi connectivity index (χ1) is 7.56. The number of aryl methyl sites for hydroxylation is 1. The second kappa shape index (κ2) is 5.66. The van der Waals surface area contributed by atoms with Gasteiger partial charge in [0.1, 0.15) is 16.8 Å². The van der Waals surface area contributed by atoms with Crippen LogP contribution in [0.3, 0.4) is 0 Å². The van der Waals surface area contributed by atoms with E-state index in [1.165, 1.54) is 0 Å². The summed E-state index contributed by atoms with van der Waals surface area (Å²) in [4.78, 5) is 10.3. The average Bonchev–Trinajstić information content (AvgIpc) is 2.24. The van der Waals surface area contributed by atoms with Crippen LogP contribution < -0.4 is 4.90 Å². The molecule has 1 aromatic heterocycles. The summed E-state index contributed by atoms with van der Waals surface area (Å²) < 4.78 is 0. The second-order valence-electron chi connectivity index (χ2n) is 3.66. The number of nitriles is 1. The van der Waals surface area contributed by atoms with Gasteiger partial charge >= 0.3 is 0 Å². The Morgan fingerprint density at radius 2 is 2.25 bits per heavy atom. The number of nitrogens with zero attached hydrogens (tertiary/aromatic N) is 4. The van der Waals surface area contributed by atoms with Crippen LogP contribution >= 0.6 is 11.6 Å². The van der Waals surface area contributed by atoms with Gasteiger partial charge in [-0.2, -0.15) is 5.26 Å². The van der Waals surface area contributed by atoms with Crippen LogP contribution in [-0.4, -0.2) is 23.1 Å². The topological polar surface area (TPSA) is 52.8 Å². The first kappa shape index (κ1) is 12.7. The van der Waals surface area contributed by atoms with Gasteiger partial charge in [0.2, 0.25) is 0 Å². The standard InChI is InChI=1S/C11H15ClN4/c1-4-16(7-8(2)6-13)11-5-10(12)14-9(3)15-11/h5,8H,4,7H2,1-3H3. The zero-order chi connectivity index (χ0) is 12.1. The highest BCUT2D eigenvalue weighted by Crippen LogP contribution is 2.16. The van der Waals surface area contributed by atoms with Crippen LogP contribution in [0.2, 0.25) is 5.15 Å². The molecule has 0 saturated carbocycles. The Morgan fingerprint density at radius 1 is 1.56 bits per heavy atom. The lowest BCUT2D eigenvalue weighted by atomic mass is 10.2. The molecule has 0 radical (unpaired) electrons. The monoisotopic (exact) mass is 238 g/mol. The van der Waals surface area contributed by atoms with E-state index in [-0.39, 0.29) is 5.92 Å². The fraction of sp³-hybridized carbons (Fsp3) is 0.545. The summed E-state index contributed by atoms with van der Waals surface area (Å²) in [6.45, 7) is 7.16. The molecule has 16 heavy (non-hydrogen) atoms. The molecule has 0 spiro atoms. The summed E-state index contributed by atoms with van der Waals surface area (Å²) in [6.07, 6.45) is 0. The molecule has 1 rings (SSSR count). The van der Waals surface area contributed by atoms with Gasteiger partial charge in [-0.05, 0) is 20.8 Å². The minimum absolute atomic E-state index is 0.0333. The minimum Gasteiger partial charge on any atom is -0.355 e. The van der Waals surface area contributed by atoms with Gasteiger partial charge < -0.3 is 4.90 Å². The number of aromatic nitrogens is 2. The Bertz CT molecular complexity index is 379. The van der Waals surface area contributed by atoms with Gasteiger partial charge in [0.15, 0.2) is 0 Å². The predicted octanol–water partition coefficient (Wildman–Crippen LogP) is 2.42. The first-order valence-corrected chi connectivity index (χ1v) is 5.60. The molecule has 0 bridgehead atoms. The lowest BCUT2D eigenvalue weighted by Crippen LogP contribution is -2.28. The molecular formula is C11H15ClN4. The first-order valence-electron chi connectivity index (χ1n) is 5.22. The van der Waals surface area contributed by atoms with Crippen molar-refractivity contribution in [3.05, 3.63) is 17.0 Å². The van der Waals surface area contributed by atoms with Crippen LogP contribution in [0.1, 0.15) is 19.7 Å². The maximum Gasteiger partial charge on any atom is 0.134 e. The van der Waals surface area contributed by atoms with E-state index in [1.807, 2.05) is 18.7 Å². The largest absolute Gasteiger partial charge is 0.355 e. The van der Waals surface area contributed by atoms with Crippen LogP contribution in [0.15, 0.2) is 6.07 Å². The van der Waals surface area contributed by atoms with Crippen LogP contribution in [0.5, 0.6) is 0 Å². The number of halogens is 1. The van der Waals surface area contributed by atoms with Gasteiger partial charge in [0.05, 0.1) is 12.0 Å². The maximum atomic E-state index is 8.80. The Labute approximate surface area is 101 Å². The van der Waals surface area contributed by atoms with E-state index in [1.54, 1.807) is 13.0 Å². The van der Waals surface area contributed by atoms with Gasteiger partial charge in [-0.3, -0.25) is 0 Å². The molecule has 4 nitrogen and oxygen atoms in total. The third-order valence-electron chi connectivity index (χ3n) is 2.21. The van der Waals surface area contributed by atoms with Crippen LogP contribution in [0.4, 0.5) is 5.82 Å². The fourth-order valence-corrected chi connectivity index (χ4v) is 1.65. The SMILES string of the molecule is CCN(CC(C)C#N)c1cc(Cl)nc(C)n1. The minimum atomic E-state index is -0.0333. The van der Waals surface area contributed by atoms with E-state index in [9.17, 15) is 0 Å². The molecule has 0 amide bonds. The molecule has 0 aromatic carbocycles. The predicted molar refractivity (Wildman–Crippen MR) is 64.4 cm³/mol. The van der Waals surface area contributed by atoms with Crippen molar-refractivity contribution in [2.75, 3.05) is 18.0 Å². The summed E-state index contributed by atoms with van der Waals surface area (Å²) in [6, 6.07) is 3.94. The van der Waals surface area contributed by atoms with Gasteiger partial charge in [0, 0.05) is 19.2 Å². The van der Waals surface area contributed by atoms with E-state index in [4.69, 9.17) is 16.9 Å². The van der Waals surface area contributed by atoms with Crippen molar-refractivity contribution in [2.24, 2.45) is 5.92 Å². The van der Waals surface area contributed by atoms with Gasteiger partial charge in [-0.15, -0.1) is 0 Å². The molecule has 0 fully saturated rings. The van der Waals surface area contributed by atoms with Crippen LogP contribution in [0.25, 0.3) is 0 Å². The maximum absolute atomic E-state index is 8.80. The summed E-state index contributed by atoms with van der Waals surface area (Å²) in [5, 5.41) is 9.24. The molecule has 5 heteroatoms. The molecule has 0 saturated heterocycles. The third kappa shape index (κ3) is 3.35.